The summed E-state index contributed by atoms with van der Waals surface area (Å²) >= 11 is 6.05. The Balaban J connectivity index is 1.47. The van der Waals surface area contributed by atoms with Crippen LogP contribution in [0, 0.1) is 0 Å². The molecule has 0 spiro atoms. The number of carbonyl (C=O) groups is 2. The van der Waals surface area contributed by atoms with Crippen LogP contribution < -0.4 is 10.1 Å². The lowest BCUT2D eigenvalue weighted by molar-refractivity contribution is -0.128. The lowest BCUT2D eigenvalue weighted by atomic mass is 10.0. The monoisotopic (exact) mass is 376 g/mol. The third-order valence-electron chi connectivity index (χ3n) is 4.41. The van der Waals surface area contributed by atoms with E-state index in [1.165, 1.54) is 12.5 Å². The summed E-state index contributed by atoms with van der Waals surface area (Å²) in [6, 6.07) is 8.73. The van der Waals surface area contributed by atoms with E-state index in [1.54, 1.807) is 42.2 Å². The van der Waals surface area contributed by atoms with Gasteiger partial charge >= 0.3 is 0 Å². The Morgan fingerprint density at radius 2 is 2.00 bits per heavy atom. The summed E-state index contributed by atoms with van der Waals surface area (Å²) in [5, 5.41) is 3.46. The van der Waals surface area contributed by atoms with Crippen LogP contribution in [0.15, 0.2) is 47.3 Å². The Bertz CT molecular complexity index is 755. The van der Waals surface area contributed by atoms with E-state index in [1.807, 2.05) is 0 Å². The standard InChI is InChI=1S/C19H21ClN2O4/c1-13(26-17-5-3-2-4-16(17)20)18(23)21-15-6-9-22(10-7-15)19(24)14-8-11-25-12-14/h2-5,8,11-13,15H,6-7,9-10H2,1H3,(H,21,23)/t13-/m0/s1. The van der Waals surface area contributed by atoms with Gasteiger partial charge in [0.05, 0.1) is 16.8 Å². The molecule has 138 valence electrons. The highest BCUT2D eigenvalue weighted by molar-refractivity contribution is 6.32. The molecule has 0 bridgehead atoms. The van der Waals surface area contributed by atoms with Gasteiger partial charge in [-0.25, -0.2) is 0 Å². The van der Waals surface area contributed by atoms with Crippen LogP contribution in [0.1, 0.15) is 30.1 Å². The number of para-hydroxylation sites is 1. The van der Waals surface area contributed by atoms with Gasteiger partial charge in [0.15, 0.2) is 6.10 Å². The molecule has 6 nitrogen and oxygen atoms in total. The molecule has 3 rings (SSSR count). The summed E-state index contributed by atoms with van der Waals surface area (Å²) in [4.78, 5) is 26.4. The van der Waals surface area contributed by atoms with Crippen molar-refractivity contribution in [3.05, 3.63) is 53.4 Å². The number of nitrogens with one attached hydrogen (secondary N) is 1. The molecule has 2 aromatic rings. The first-order chi connectivity index (χ1) is 12.5. The number of nitrogens with zero attached hydrogens (tertiary/aromatic N) is 1. The van der Waals surface area contributed by atoms with Crippen LogP contribution in [-0.4, -0.2) is 41.9 Å². The van der Waals surface area contributed by atoms with Crippen LogP contribution in [0.2, 0.25) is 5.02 Å². The highest BCUT2D eigenvalue weighted by Crippen LogP contribution is 2.24. The fraction of sp³-hybridized carbons (Fsp3) is 0.368. The van der Waals surface area contributed by atoms with Gasteiger partial charge in [0.25, 0.3) is 11.8 Å². The molecule has 0 radical (unpaired) electrons. The smallest absolute Gasteiger partial charge is 0.260 e. The average Bonchev–Trinajstić information content (AvgIpc) is 3.18. The number of halogens is 1. The van der Waals surface area contributed by atoms with Gasteiger partial charge in [-0.15, -0.1) is 0 Å². The van der Waals surface area contributed by atoms with Crippen LogP contribution in [-0.2, 0) is 4.79 Å². The van der Waals surface area contributed by atoms with Crippen molar-refractivity contribution in [1.82, 2.24) is 10.2 Å². The number of amides is 2. The first-order valence-electron chi connectivity index (χ1n) is 8.57. The van der Waals surface area contributed by atoms with Crippen molar-refractivity contribution < 1.29 is 18.7 Å². The molecule has 1 aromatic carbocycles. The fourth-order valence-electron chi connectivity index (χ4n) is 2.90. The Labute approximate surface area is 157 Å². The Morgan fingerprint density at radius 1 is 1.27 bits per heavy atom. The lowest BCUT2D eigenvalue weighted by Crippen LogP contribution is -2.49. The summed E-state index contributed by atoms with van der Waals surface area (Å²) < 4.78 is 10.6. The van der Waals surface area contributed by atoms with E-state index in [0.717, 1.165) is 0 Å². The van der Waals surface area contributed by atoms with E-state index in [9.17, 15) is 9.59 Å². The molecule has 1 aromatic heterocycles. The van der Waals surface area contributed by atoms with Crippen molar-refractivity contribution >= 4 is 23.4 Å². The molecule has 1 saturated heterocycles. The molecule has 2 amide bonds. The quantitative estimate of drug-likeness (QED) is 0.870. The largest absolute Gasteiger partial charge is 0.479 e. The molecule has 26 heavy (non-hydrogen) atoms. The Morgan fingerprint density at radius 3 is 2.65 bits per heavy atom. The minimum atomic E-state index is -0.652. The Hall–Kier alpha value is -2.47. The number of carbonyl (C=O) groups excluding carboxylic acids is 2. The van der Waals surface area contributed by atoms with E-state index in [0.29, 0.717) is 42.3 Å². The van der Waals surface area contributed by atoms with Crippen molar-refractivity contribution in [1.29, 1.82) is 0 Å². The van der Waals surface area contributed by atoms with Gasteiger partial charge < -0.3 is 19.4 Å². The van der Waals surface area contributed by atoms with E-state index in [2.05, 4.69) is 5.32 Å². The van der Waals surface area contributed by atoms with Crippen molar-refractivity contribution in [3.63, 3.8) is 0 Å². The predicted octanol–water partition coefficient (Wildman–Crippen LogP) is 3.12. The van der Waals surface area contributed by atoms with Crippen LogP contribution in [0.4, 0.5) is 0 Å². The molecule has 1 fully saturated rings. The Kier molecular flexibility index (Phi) is 5.83. The number of rotatable bonds is 5. The SMILES string of the molecule is C[C@H](Oc1ccccc1Cl)C(=O)NC1CCN(C(=O)c2ccoc2)CC1. The predicted molar refractivity (Wildman–Crippen MR) is 97.3 cm³/mol. The second-order valence-electron chi connectivity index (χ2n) is 6.28. The fourth-order valence-corrected chi connectivity index (χ4v) is 3.08. The van der Waals surface area contributed by atoms with E-state index < -0.39 is 6.10 Å². The summed E-state index contributed by atoms with van der Waals surface area (Å²) in [7, 11) is 0. The van der Waals surface area contributed by atoms with Gasteiger partial charge in [-0.1, -0.05) is 23.7 Å². The molecule has 0 saturated carbocycles. The van der Waals surface area contributed by atoms with Gasteiger partial charge in [-0.3, -0.25) is 9.59 Å². The van der Waals surface area contributed by atoms with Crippen LogP contribution >= 0.6 is 11.6 Å². The van der Waals surface area contributed by atoms with Crippen LogP contribution in [0.5, 0.6) is 5.75 Å². The highest BCUT2D eigenvalue weighted by atomic mass is 35.5. The summed E-state index contributed by atoms with van der Waals surface area (Å²) in [5.74, 6) is 0.251. The van der Waals surface area contributed by atoms with Crippen molar-refractivity contribution in [2.45, 2.75) is 31.9 Å². The second kappa shape index (κ2) is 8.27. The molecular formula is C19H21ClN2O4. The molecule has 1 N–H and O–H groups in total. The first kappa shape index (κ1) is 18.3. The van der Waals surface area contributed by atoms with Gasteiger partial charge in [0.1, 0.15) is 12.0 Å². The zero-order valence-corrected chi connectivity index (χ0v) is 15.2. The van der Waals surface area contributed by atoms with E-state index in [-0.39, 0.29) is 17.9 Å². The van der Waals surface area contributed by atoms with Crippen LogP contribution in [0.3, 0.4) is 0 Å². The van der Waals surface area contributed by atoms with E-state index >= 15 is 0 Å². The number of hydrogen-bond donors (Lipinski definition) is 1. The molecule has 1 aliphatic rings. The number of likely N-dealkylation sites (tertiary alicyclic amines) is 1. The molecule has 1 atom stereocenters. The molecule has 0 aliphatic carbocycles. The van der Waals surface area contributed by atoms with Crippen LogP contribution in [0.25, 0.3) is 0 Å². The summed E-state index contributed by atoms with van der Waals surface area (Å²) in [5.41, 5.74) is 0.550. The van der Waals surface area contributed by atoms with E-state index in [4.69, 9.17) is 20.8 Å². The number of piperidine rings is 1. The normalized spacial score (nSPS) is 16.2. The maximum Gasteiger partial charge on any atom is 0.260 e. The topological polar surface area (TPSA) is 71.8 Å². The average molecular weight is 377 g/mol. The highest BCUT2D eigenvalue weighted by Gasteiger charge is 2.26. The molecule has 1 aliphatic heterocycles. The maximum atomic E-state index is 12.4. The summed E-state index contributed by atoms with van der Waals surface area (Å²) in [6.45, 7) is 2.87. The minimum Gasteiger partial charge on any atom is -0.479 e. The second-order valence-corrected chi connectivity index (χ2v) is 6.68. The zero-order valence-electron chi connectivity index (χ0n) is 14.5. The number of furan rings is 1. The number of benzene rings is 1. The molecular weight excluding hydrogens is 356 g/mol. The third-order valence-corrected chi connectivity index (χ3v) is 4.72. The molecule has 7 heteroatoms. The number of ether oxygens (including phenoxy) is 1. The minimum absolute atomic E-state index is 0.0215. The van der Waals surface area contributed by atoms with Crippen molar-refractivity contribution in [2.75, 3.05) is 13.1 Å². The van der Waals surface area contributed by atoms with Gasteiger partial charge in [-0.2, -0.15) is 0 Å². The zero-order chi connectivity index (χ0) is 18.5. The van der Waals surface area contributed by atoms with Gasteiger partial charge in [0.2, 0.25) is 0 Å². The maximum absolute atomic E-state index is 12.4. The van der Waals surface area contributed by atoms with Crippen molar-refractivity contribution in [2.24, 2.45) is 0 Å². The third kappa shape index (κ3) is 4.38. The first-order valence-corrected chi connectivity index (χ1v) is 8.95. The molecule has 2 heterocycles. The van der Waals surface area contributed by atoms with Crippen molar-refractivity contribution in [3.8, 4) is 5.75 Å². The lowest BCUT2D eigenvalue weighted by Gasteiger charge is -2.32. The van der Waals surface area contributed by atoms with Gasteiger partial charge in [0, 0.05) is 19.1 Å². The summed E-state index contributed by atoms with van der Waals surface area (Å²) in [6.07, 6.45) is 3.69. The van der Waals surface area contributed by atoms with Gasteiger partial charge in [-0.05, 0) is 38.0 Å². The number of hydrogen-bond acceptors (Lipinski definition) is 4. The molecule has 0 unspecified atom stereocenters.